The van der Waals surface area contributed by atoms with Crippen LogP contribution in [0.25, 0.3) is 0 Å². The molecule has 6 nitrogen and oxygen atoms in total. The molecule has 1 aromatic heterocycles. The molecule has 1 N–H and O–H groups in total. The predicted molar refractivity (Wildman–Crippen MR) is 84.3 cm³/mol. The summed E-state index contributed by atoms with van der Waals surface area (Å²) in [6, 6.07) is 10.8. The highest BCUT2D eigenvalue weighted by molar-refractivity contribution is 5.64. The maximum absolute atomic E-state index is 11.1. The van der Waals surface area contributed by atoms with Gasteiger partial charge in [0.1, 0.15) is 11.6 Å². The second-order valence-electron chi connectivity index (χ2n) is 4.75. The van der Waals surface area contributed by atoms with Gasteiger partial charge < -0.3 is 10.2 Å². The molecule has 0 amide bonds. The Kier molecular flexibility index (Phi) is 4.37. The number of nitro groups is 1. The van der Waals surface area contributed by atoms with Gasteiger partial charge in [-0.15, -0.1) is 0 Å². The molecule has 0 unspecified atom stereocenters. The lowest BCUT2D eigenvalue weighted by Gasteiger charge is -2.19. The number of benzene rings is 1. The average Bonchev–Trinajstić information content (AvgIpc) is 2.46. The molecule has 1 aromatic carbocycles. The molecule has 6 heteroatoms. The first-order chi connectivity index (χ1) is 10.0. The lowest BCUT2D eigenvalue weighted by molar-refractivity contribution is -0.384. The van der Waals surface area contributed by atoms with Gasteiger partial charge in [-0.05, 0) is 31.5 Å². The lowest BCUT2D eigenvalue weighted by atomic mass is 10.2. The number of aromatic nitrogens is 1. The van der Waals surface area contributed by atoms with E-state index < -0.39 is 4.92 Å². The Morgan fingerprint density at radius 2 is 2.10 bits per heavy atom. The Balaban J connectivity index is 2.44. The monoisotopic (exact) mass is 286 g/mol. The number of hydrogen-bond acceptors (Lipinski definition) is 5. The molecule has 2 rings (SSSR count). The zero-order valence-electron chi connectivity index (χ0n) is 12.3. The molecule has 0 saturated heterocycles. The second-order valence-corrected chi connectivity index (χ2v) is 4.75. The standard InChI is InChI=1S/C15H18N4O2/c1-4-16-14-9-13(19(20)21)10-15(17-14)18(3)12-7-5-6-11(2)8-12/h5-10H,4H2,1-3H3,(H,16,17). The summed E-state index contributed by atoms with van der Waals surface area (Å²) < 4.78 is 0. The van der Waals surface area contributed by atoms with Crippen LogP contribution in [0.4, 0.5) is 23.0 Å². The average molecular weight is 286 g/mol. The summed E-state index contributed by atoms with van der Waals surface area (Å²) in [7, 11) is 1.84. The molecule has 2 aromatic rings. The normalized spacial score (nSPS) is 10.2. The molecular weight excluding hydrogens is 268 g/mol. The van der Waals surface area contributed by atoms with E-state index in [1.165, 1.54) is 12.1 Å². The third kappa shape index (κ3) is 3.47. The third-order valence-electron chi connectivity index (χ3n) is 3.10. The van der Waals surface area contributed by atoms with Crippen LogP contribution in [0.1, 0.15) is 12.5 Å². The summed E-state index contributed by atoms with van der Waals surface area (Å²) >= 11 is 0. The SMILES string of the molecule is CCNc1cc([N+](=O)[O-])cc(N(C)c2cccc(C)c2)n1. The van der Waals surface area contributed by atoms with Gasteiger partial charge in [0.05, 0.1) is 17.1 Å². The van der Waals surface area contributed by atoms with Gasteiger partial charge in [-0.25, -0.2) is 4.98 Å². The molecule has 0 fully saturated rings. The van der Waals surface area contributed by atoms with Crippen LogP contribution in [-0.4, -0.2) is 23.5 Å². The van der Waals surface area contributed by atoms with E-state index in [0.29, 0.717) is 18.2 Å². The van der Waals surface area contributed by atoms with Crippen molar-refractivity contribution >= 4 is 23.0 Å². The van der Waals surface area contributed by atoms with Crippen LogP contribution >= 0.6 is 0 Å². The van der Waals surface area contributed by atoms with Gasteiger partial charge in [-0.2, -0.15) is 0 Å². The maximum Gasteiger partial charge on any atom is 0.276 e. The summed E-state index contributed by atoms with van der Waals surface area (Å²) in [4.78, 5) is 16.9. The van der Waals surface area contributed by atoms with E-state index in [4.69, 9.17) is 0 Å². The van der Waals surface area contributed by atoms with Crippen LogP contribution in [0, 0.1) is 17.0 Å². The summed E-state index contributed by atoms with van der Waals surface area (Å²) in [5.41, 5.74) is 2.08. The van der Waals surface area contributed by atoms with E-state index in [1.807, 2.05) is 50.1 Å². The van der Waals surface area contributed by atoms with Crippen molar-refractivity contribution in [2.24, 2.45) is 0 Å². The van der Waals surface area contributed by atoms with Crippen molar-refractivity contribution in [2.45, 2.75) is 13.8 Å². The van der Waals surface area contributed by atoms with E-state index in [9.17, 15) is 10.1 Å². The highest BCUT2D eigenvalue weighted by Crippen LogP contribution is 2.27. The molecule has 0 aliphatic heterocycles. The van der Waals surface area contributed by atoms with Gasteiger partial charge in [0, 0.05) is 19.3 Å². The molecule has 0 aliphatic rings. The van der Waals surface area contributed by atoms with Crippen LogP contribution in [-0.2, 0) is 0 Å². The Morgan fingerprint density at radius 1 is 1.33 bits per heavy atom. The Bertz CT molecular complexity index is 658. The lowest BCUT2D eigenvalue weighted by Crippen LogP contribution is -2.13. The van der Waals surface area contributed by atoms with Crippen LogP contribution < -0.4 is 10.2 Å². The van der Waals surface area contributed by atoms with Gasteiger partial charge in [-0.3, -0.25) is 10.1 Å². The van der Waals surface area contributed by atoms with E-state index >= 15 is 0 Å². The van der Waals surface area contributed by atoms with Crippen molar-refractivity contribution in [2.75, 3.05) is 23.8 Å². The molecular formula is C15H18N4O2. The number of hydrogen-bond donors (Lipinski definition) is 1. The number of pyridine rings is 1. The number of nitrogens with one attached hydrogen (secondary N) is 1. The van der Waals surface area contributed by atoms with Crippen molar-refractivity contribution < 1.29 is 4.92 Å². The fourth-order valence-electron chi connectivity index (χ4n) is 2.02. The van der Waals surface area contributed by atoms with Crippen molar-refractivity contribution in [3.8, 4) is 0 Å². The van der Waals surface area contributed by atoms with Crippen molar-refractivity contribution in [1.29, 1.82) is 0 Å². The van der Waals surface area contributed by atoms with Gasteiger partial charge in [-0.1, -0.05) is 12.1 Å². The van der Waals surface area contributed by atoms with Crippen molar-refractivity contribution in [3.05, 3.63) is 52.1 Å². The molecule has 21 heavy (non-hydrogen) atoms. The maximum atomic E-state index is 11.1. The first kappa shape index (κ1) is 14.8. The first-order valence-corrected chi connectivity index (χ1v) is 6.72. The zero-order chi connectivity index (χ0) is 15.4. The van der Waals surface area contributed by atoms with Gasteiger partial charge in [0.25, 0.3) is 5.69 Å². The number of aryl methyl sites for hydroxylation is 1. The minimum Gasteiger partial charge on any atom is -0.370 e. The van der Waals surface area contributed by atoms with Crippen LogP contribution in [0.15, 0.2) is 36.4 Å². The van der Waals surface area contributed by atoms with Crippen LogP contribution in [0.3, 0.4) is 0 Å². The third-order valence-corrected chi connectivity index (χ3v) is 3.10. The van der Waals surface area contributed by atoms with Gasteiger partial charge >= 0.3 is 0 Å². The van der Waals surface area contributed by atoms with Crippen molar-refractivity contribution in [3.63, 3.8) is 0 Å². The summed E-state index contributed by atoms with van der Waals surface area (Å²) in [6.45, 7) is 4.58. The summed E-state index contributed by atoms with van der Waals surface area (Å²) in [6.07, 6.45) is 0. The van der Waals surface area contributed by atoms with Gasteiger partial charge in [0.15, 0.2) is 0 Å². The Labute approximate surface area is 123 Å². The number of anilines is 3. The topological polar surface area (TPSA) is 71.3 Å². The Hall–Kier alpha value is -2.63. The van der Waals surface area contributed by atoms with E-state index in [-0.39, 0.29) is 5.69 Å². The first-order valence-electron chi connectivity index (χ1n) is 6.72. The minimum absolute atomic E-state index is 0.0236. The molecule has 0 spiro atoms. The van der Waals surface area contributed by atoms with Gasteiger partial charge in [0.2, 0.25) is 0 Å². The minimum atomic E-state index is -0.407. The predicted octanol–water partition coefficient (Wildman–Crippen LogP) is 3.50. The highest BCUT2D eigenvalue weighted by atomic mass is 16.6. The van der Waals surface area contributed by atoms with Crippen LogP contribution in [0.2, 0.25) is 0 Å². The summed E-state index contributed by atoms with van der Waals surface area (Å²) in [5, 5.41) is 14.1. The van der Waals surface area contributed by atoms with Crippen LogP contribution in [0.5, 0.6) is 0 Å². The van der Waals surface area contributed by atoms with E-state index in [0.717, 1.165) is 11.3 Å². The summed E-state index contributed by atoms with van der Waals surface area (Å²) in [5.74, 6) is 1.03. The molecule has 0 atom stereocenters. The Morgan fingerprint density at radius 3 is 2.71 bits per heavy atom. The molecule has 0 radical (unpaired) electrons. The molecule has 110 valence electrons. The molecule has 0 saturated carbocycles. The zero-order valence-corrected chi connectivity index (χ0v) is 12.3. The van der Waals surface area contributed by atoms with Crippen molar-refractivity contribution in [1.82, 2.24) is 4.98 Å². The fourth-order valence-corrected chi connectivity index (χ4v) is 2.02. The molecule has 0 bridgehead atoms. The largest absolute Gasteiger partial charge is 0.370 e. The highest BCUT2D eigenvalue weighted by Gasteiger charge is 2.14. The molecule has 0 aliphatic carbocycles. The quantitative estimate of drug-likeness (QED) is 0.673. The number of nitrogens with zero attached hydrogens (tertiary/aromatic N) is 3. The van der Waals surface area contributed by atoms with E-state index in [1.54, 1.807) is 0 Å². The second kappa shape index (κ2) is 6.21. The smallest absolute Gasteiger partial charge is 0.276 e. The fraction of sp³-hybridized carbons (Fsp3) is 0.267. The van der Waals surface area contributed by atoms with E-state index in [2.05, 4.69) is 10.3 Å². The number of rotatable bonds is 5. The molecule has 1 heterocycles.